The van der Waals surface area contributed by atoms with E-state index in [2.05, 4.69) is 10.2 Å². The van der Waals surface area contributed by atoms with Crippen LogP contribution >= 0.6 is 24.0 Å². The quantitative estimate of drug-likeness (QED) is 0.290. The topological polar surface area (TPSA) is 88.4 Å². The number of hydrogen-bond acceptors (Lipinski definition) is 9. The Hall–Kier alpha value is -2.31. The van der Waals surface area contributed by atoms with Crippen molar-refractivity contribution in [3.05, 3.63) is 44.7 Å². The van der Waals surface area contributed by atoms with E-state index in [0.717, 1.165) is 44.8 Å². The van der Waals surface area contributed by atoms with E-state index >= 15 is 0 Å². The predicted molar refractivity (Wildman–Crippen MR) is 143 cm³/mol. The van der Waals surface area contributed by atoms with E-state index in [1.165, 1.54) is 16.2 Å². The van der Waals surface area contributed by atoms with Crippen molar-refractivity contribution in [3.8, 4) is 0 Å². The van der Waals surface area contributed by atoms with Gasteiger partial charge in [-0.3, -0.25) is 23.8 Å². The van der Waals surface area contributed by atoms with Crippen molar-refractivity contribution < 1.29 is 14.3 Å². The molecule has 2 aliphatic rings. The lowest BCUT2D eigenvalue weighted by atomic mass is 10.2. The maximum atomic E-state index is 13.5. The van der Waals surface area contributed by atoms with Gasteiger partial charge in [0.2, 0.25) is 0 Å². The fourth-order valence-electron chi connectivity index (χ4n) is 4.10. The van der Waals surface area contributed by atoms with E-state index < -0.39 is 0 Å². The lowest BCUT2D eigenvalue weighted by Gasteiger charge is -2.26. The molecule has 0 unspecified atom stereocenters. The maximum Gasteiger partial charge on any atom is 0.267 e. The minimum atomic E-state index is -0.223. The summed E-state index contributed by atoms with van der Waals surface area (Å²) >= 11 is 6.64. The second-order valence-corrected chi connectivity index (χ2v) is 10.2. The highest BCUT2D eigenvalue weighted by atomic mass is 32.2. The molecule has 188 valence electrons. The predicted octanol–water partition coefficient (Wildman–Crippen LogP) is 2.37. The van der Waals surface area contributed by atoms with Gasteiger partial charge in [0.25, 0.3) is 11.5 Å². The van der Waals surface area contributed by atoms with Gasteiger partial charge >= 0.3 is 0 Å². The van der Waals surface area contributed by atoms with Crippen LogP contribution in [-0.4, -0.2) is 89.1 Å². The van der Waals surface area contributed by atoms with Crippen LogP contribution in [0.5, 0.6) is 0 Å². The van der Waals surface area contributed by atoms with E-state index in [4.69, 9.17) is 26.7 Å². The molecule has 2 aliphatic heterocycles. The number of amides is 1. The van der Waals surface area contributed by atoms with E-state index in [-0.39, 0.29) is 11.5 Å². The number of carbonyl (C=O) groups is 1. The van der Waals surface area contributed by atoms with E-state index in [9.17, 15) is 9.59 Å². The van der Waals surface area contributed by atoms with Crippen LogP contribution in [0, 0.1) is 6.92 Å². The zero-order valence-electron chi connectivity index (χ0n) is 20.1. The molecule has 0 saturated carbocycles. The van der Waals surface area contributed by atoms with E-state index in [1.807, 2.05) is 19.1 Å². The van der Waals surface area contributed by atoms with Gasteiger partial charge < -0.3 is 14.8 Å². The third-order valence-electron chi connectivity index (χ3n) is 6.01. The Morgan fingerprint density at radius 2 is 2.06 bits per heavy atom. The smallest absolute Gasteiger partial charge is 0.267 e. The van der Waals surface area contributed by atoms with Crippen molar-refractivity contribution in [2.45, 2.75) is 19.8 Å². The highest BCUT2D eigenvalue weighted by molar-refractivity contribution is 8.26. The number of carbonyl (C=O) groups excluding carboxylic acids is 1. The van der Waals surface area contributed by atoms with Crippen molar-refractivity contribution in [2.75, 3.05) is 65.0 Å². The summed E-state index contributed by atoms with van der Waals surface area (Å²) in [5.74, 6) is 0.291. The van der Waals surface area contributed by atoms with Gasteiger partial charge in [0.15, 0.2) is 0 Å². The average molecular weight is 518 g/mol. The summed E-state index contributed by atoms with van der Waals surface area (Å²) in [5.41, 5.74) is 1.63. The van der Waals surface area contributed by atoms with Gasteiger partial charge in [-0.15, -0.1) is 0 Å². The van der Waals surface area contributed by atoms with Gasteiger partial charge in [0.05, 0.1) is 23.7 Å². The van der Waals surface area contributed by atoms with Gasteiger partial charge in [0.1, 0.15) is 15.8 Å². The van der Waals surface area contributed by atoms with Gasteiger partial charge in [-0.25, -0.2) is 4.98 Å². The molecule has 0 radical (unpaired) electrons. The first kappa shape index (κ1) is 25.8. The van der Waals surface area contributed by atoms with Crippen LogP contribution in [0.3, 0.4) is 0 Å². The van der Waals surface area contributed by atoms with Gasteiger partial charge in [-0.05, 0) is 44.0 Å². The summed E-state index contributed by atoms with van der Waals surface area (Å²) < 4.78 is 12.5. The fraction of sp³-hybridized carbons (Fsp3) is 0.500. The number of rotatable bonds is 10. The molecular formula is C24H31N5O4S2. The summed E-state index contributed by atoms with van der Waals surface area (Å²) in [6.07, 6.45) is 4.92. The monoisotopic (exact) mass is 517 g/mol. The Bertz CT molecular complexity index is 1180. The summed E-state index contributed by atoms with van der Waals surface area (Å²) in [5, 5.41) is 3.36. The largest absolute Gasteiger partial charge is 0.385 e. The summed E-state index contributed by atoms with van der Waals surface area (Å²) in [7, 11) is 1.63. The lowest BCUT2D eigenvalue weighted by Crippen LogP contribution is -2.37. The third kappa shape index (κ3) is 6.10. The number of pyridine rings is 1. The maximum absolute atomic E-state index is 13.5. The number of thiocarbonyl (C=S) groups is 1. The number of aromatic nitrogens is 2. The van der Waals surface area contributed by atoms with Gasteiger partial charge in [-0.1, -0.05) is 30.0 Å². The highest BCUT2D eigenvalue weighted by Gasteiger charge is 2.32. The first-order valence-electron chi connectivity index (χ1n) is 11.8. The number of nitrogens with zero attached hydrogens (tertiary/aromatic N) is 4. The van der Waals surface area contributed by atoms with E-state index in [0.29, 0.717) is 52.4 Å². The van der Waals surface area contributed by atoms with Crippen LogP contribution in [0.15, 0.2) is 28.0 Å². The van der Waals surface area contributed by atoms with Crippen molar-refractivity contribution in [3.63, 3.8) is 0 Å². The van der Waals surface area contributed by atoms with Gasteiger partial charge in [0, 0.05) is 46.1 Å². The van der Waals surface area contributed by atoms with Gasteiger partial charge in [-0.2, -0.15) is 0 Å². The molecule has 0 spiro atoms. The average Bonchev–Trinajstić information content (AvgIpc) is 3.12. The standard InChI is InChI=1S/C24H31N5O4S2/c1-17-6-3-9-28-21(17)26-20(25-7-4-8-27-11-14-33-15-12-27)18(22(28)30)16-19-23(31)29(24(34)35-19)10-5-13-32-2/h3,6,9,16,25H,4-5,7-8,10-15H2,1-2H3. The van der Waals surface area contributed by atoms with Crippen molar-refractivity contribution in [2.24, 2.45) is 0 Å². The van der Waals surface area contributed by atoms with Crippen LogP contribution in [-0.2, 0) is 14.3 Å². The minimum absolute atomic E-state index is 0.192. The molecule has 1 amide bonds. The summed E-state index contributed by atoms with van der Waals surface area (Å²) in [6, 6.07) is 3.74. The molecule has 4 rings (SSSR count). The summed E-state index contributed by atoms with van der Waals surface area (Å²) in [6.45, 7) is 7.96. The second-order valence-electron chi connectivity index (χ2n) is 8.48. The van der Waals surface area contributed by atoms with E-state index in [1.54, 1.807) is 24.3 Å². The Balaban J connectivity index is 1.59. The Morgan fingerprint density at radius 1 is 1.26 bits per heavy atom. The molecule has 2 saturated heterocycles. The number of methoxy groups -OCH3 is 1. The lowest BCUT2D eigenvalue weighted by molar-refractivity contribution is -0.122. The number of morpholine rings is 1. The van der Waals surface area contributed by atoms with Crippen LogP contribution in [0.1, 0.15) is 24.0 Å². The molecule has 0 atom stereocenters. The molecule has 2 aromatic rings. The molecule has 2 fully saturated rings. The fourth-order valence-corrected chi connectivity index (χ4v) is 5.39. The number of aryl methyl sites for hydroxylation is 1. The van der Waals surface area contributed by atoms with Crippen LogP contribution < -0.4 is 10.9 Å². The van der Waals surface area contributed by atoms with Crippen molar-refractivity contribution >= 4 is 51.7 Å². The SMILES string of the molecule is COCCCN1C(=O)C(=Cc2c(NCCCN3CCOCC3)nc3c(C)cccn3c2=O)SC1=S. The zero-order chi connectivity index (χ0) is 24.8. The Morgan fingerprint density at radius 3 is 2.83 bits per heavy atom. The number of ether oxygens (including phenoxy) is 2. The molecule has 4 heterocycles. The molecule has 0 aliphatic carbocycles. The first-order valence-corrected chi connectivity index (χ1v) is 13.0. The Labute approximate surface area is 214 Å². The molecule has 2 aromatic heterocycles. The van der Waals surface area contributed by atoms with Crippen LogP contribution in [0.4, 0.5) is 5.82 Å². The number of thioether (sulfide) groups is 1. The molecule has 1 N–H and O–H groups in total. The van der Waals surface area contributed by atoms with Crippen molar-refractivity contribution in [1.82, 2.24) is 19.2 Å². The van der Waals surface area contributed by atoms with Crippen LogP contribution in [0.2, 0.25) is 0 Å². The number of hydrogen-bond donors (Lipinski definition) is 1. The molecule has 0 bridgehead atoms. The minimum Gasteiger partial charge on any atom is -0.385 e. The number of anilines is 1. The van der Waals surface area contributed by atoms with Crippen molar-refractivity contribution in [1.29, 1.82) is 0 Å². The van der Waals surface area contributed by atoms with Crippen LogP contribution in [0.25, 0.3) is 11.7 Å². The molecule has 35 heavy (non-hydrogen) atoms. The molecular weight excluding hydrogens is 486 g/mol. The first-order chi connectivity index (χ1) is 17.0. The number of nitrogens with one attached hydrogen (secondary N) is 1. The molecule has 11 heteroatoms. The zero-order valence-corrected chi connectivity index (χ0v) is 21.8. The third-order valence-corrected chi connectivity index (χ3v) is 7.39. The second kappa shape index (κ2) is 12.1. The molecule has 9 nitrogen and oxygen atoms in total. The number of fused-ring (bicyclic) bond motifs is 1. The summed E-state index contributed by atoms with van der Waals surface area (Å²) in [4.78, 5) is 35.7. The highest BCUT2D eigenvalue weighted by Crippen LogP contribution is 2.33. The normalized spacial score (nSPS) is 18.2. The molecule has 0 aromatic carbocycles. The Kier molecular flexibility index (Phi) is 8.90.